The van der Waals surface area contributed by atoms with Crippen molar-refractivity contribution in [1.82, 2.24) is 14.9 Å². The number of nitrogens with zero attached hydrogens (tertiary/aromatic N) is 2. The van der Waals surface area contributed by atoms with E-state index < -0.39 is 0 Å². The van der Waals surface area contributed by atoms with Gasteiger partial charge in [0.15, 0.2) is 11.5 Å². The van der Waals surface area contributed by atoms with Crippen molar-refractivity contribution < 1.29 is 14.3 Å². The van der Waals surface area contributed by atoms with Crippen molar-refractivity contribution in [3.05, 3.63) is 99.5 Å². The molecule has 32 heavy (non-hydrogen) atoms. The number of hydrogen-bond acceptors (Lipinski definition) is 5. The zero-order chi connectivity index (χ0) is 22.1. The van der Waals surface area contributed by atoms with Gasteiger partial charge in [-0.3, -0.25) is 9.59 Å². The van der Waals surface area contributed by atoms with Crippen molar-refractivity contribution in [1.29, 1.82) is 0 Å². The third-order valence-electron chi connectivity index (χ3n) is 5.44. The topological polar surface area (TPSA) is 82.4 Å². The number of carbonyl (C=O) groups excluding carboxylic acids is 1. The summed E-state index contributed by atoms with van der Waals surface area (Å²) in [5.41, 5.74) is 3.97. The van der Waals surface area contributed by atoms with Crippen molar-refractivity contribution >= 4 is 16.9 Å². The number of aromatic nitrogens is 2. The quantitative estimate of drug-likeness (QED) is 0.528. The van der Waals surface area contributed by atoms with Gasteiger partial charge in [0.2, 0.25) is 6.79 Å². The average Bonchev–Trinajstić information content (AvgIpc) is 3.29. The van der Waals surface area contributed by atoms with Crippen molar-refractivity contribution in [3.63, 3.8) is 0 Å². The van der Waals surface area contributed by atoms with Crippen molar-refractivity contribution in [2.45, 2.75) is 20.0 Å². The van der Waals surface area contributed by atoms with Gasteiger partial charge in [-0.25, -0.2) is 4.98 Å². The SMILES string of the molecule is Cc1nc2cc(C(=O)NCc3ccc4c(c3)OCO4)ccc2n(Cc2ccccc2)c1=O. The molecule has 0 atom stereocenters. The first-order valence-corrected chi connectivity index (χ1v) is 10.3. The molecule has 0 fully saturated rings. The van der Waals surface area contributed by atoms with Gasteiger partial charge in [0.1, 0.15) is 5.69 Å². The summed E-state index contributed by atoms with van der Waals surface area (Å²) in [5.74, 6) is 1.17. The normalized spacial score (nSPS) is 12.2. The van der Waals surface area contributed by atoms with Crippen LogP contribution in [0.1, 0.15) is 27.2 Å². The van der Waals surface area contributed by atoms with E-state index >= 15 is 0 Å². The second-order valence-corrected chi connectivity index (χ2v) is 7.65. The van der Waals surface area contributed by atoms with Crippen LogP contribution in [0.5, 0.6) is 11.5 Å². The van der Waals surface area contributed by atoms with E-state index in [9.17, 15) is 9.59 Å². The molecular weight excluding hydrogens is 406 g/mol. The summed E-state index contributed by atoms with van der Waals surface area (Å²) in [6, 6.07) is 20.6. The molecule has 4 aromatic rings. The molecule has 5 rings (SSSR count). The van der Waals surface area contributed by atoms with Crippen LogP contribution in [-0.2, 0) is 13.1 Å². The molecule has 1 aliphatic rings. The molecule has 0 saturated heterocycles. The maximum absolute atomic E-state index is 12.8. The summed E-state index contributed by atoms with van der Waals surface area (Å²) < 4.78 is 12.4. The summed E-state index contributed by atoms with van der Waals surface area (Å²) in [7, 11) is 0. The fourth-order valence-electron chi connectivity index (χ4n) is 3.77. The molecule has 0 spiro atoms. The van der Waals surface area contributed by atoms with Crippen molar-refractivity contribution in [2.24, 2.45) is 0 Å². The standard InChI is InChI=1S/C25H21N3O4/c1-16-25(30)28(14-17-5-3-2-4-6-17)21-9-8-19(12-20(21)27-16)24(29)26-13-18-7-10-22-23(11-18)32-15-31-22/h2-12H,13-15H2,1H3,(H,26,29). The molecular formula is C25H21N3O4. The molecule has 160 valence electrons. The van der Waals surface area contributed by atoms with Crippen molar-refractivity contribution in [3.8, 4) is 11.5 Å². The third kappa shape index (κ3) is 3.80. The molecule has 0 bridgehead atoms. The Hall–Kier alpha value is -4.13. The number of carbonyl (C=O) groups is 1. The van der Waals surface area contributed by atoms with Gasteiger partial charge >= 0.3 is 0 Å². The molecule has 7 heteroatoms. The number of rotatable bonds is 5. The molecule has 3 aromatic carbocycles. The lowest BCUT2D eigenvalue weighted by Gasteiger charge is -2.12. The van der Waals surface area contributed by atoms with Gasteiger partial charge in [-0.15, -0.1) is 0 Å². The first-order chi connectivity index (χ1) is 15.6. The van der Waals surface area contributed by atoms with Crippen LogP contribution in [0.2, 0.25) is 0 Å². The molecule has 0 radical (unpaired) electrons. The van der Waals surface area contributed by atoms with Gasteiger partial charge in [0.05, 0.1) is 17.6 Å². The Morgan fingerprint density at radius 2 is 1.81 bits per heavy atom. The van der Waals surface area contributed by atoms with Crippen LogP contribution in [0.4, 0.5) is 0 Å². The molecule has 1 aromatic heterocycles. The number of amides is 1. The van der Waals surface area contributed by atoms with Gasteiger partial charge in [-0.05, 0) is 48.4 Å². The highest BCUT2D eigenvalue weighted by molar-refractivity contribution is 5.97. The van der Waals surface area contributed by atoms with E-state index in [1.165, 1.54) is 0 Å². The summed E-state index contributed by atoms with van der Waals surface area (Å²) in [4.78, 5) is 29.9. The lowest BCUT2D eigenvalue weighted by molar-refractivity contribution is 0.0951. The number of benzene rings is 3. The maximum atomic E-state index is 12.8. The first-order valence-electron chi connectivity index (χ1n) is 10.3. The first kappa shape index (κ1) is 19.8. The predicted molar refractivity (Wildman–Crippen MR) is 120 cm³/mol. The van der Waals surface area contributed by atoms with E-state index in [0.717, 1.165) is 11.1 Å². The molecule has 2 heterocycles. The van der Waals surface area contributed by atoms with E-state index in [1.54, 1.807) is 29.7 Å². The van der Waals surface area contributed by atoms with Crippen LogP contribution >= 0.6 is 0 Å². The minimum Gasteiger partial charge on any atom is -0.454 e. The molecule has 1 N–H and O–H groups in total. The Balaban J connectivity index is 1.39. The highest BCUT2D eigenvalue weighted by Crippen LogP contribution is 2.32. The average molecular weight is 427 g/mol. The second-order valence-electron chi connectivity index (χ2n) is 7.65. The smallest absolute Gasteiger partial charge is 0.272 e. The largest absolute Gasteiger partial charge is 0.454 e. The fourth-order valence-corrected chi connectivity index (χ4v) is 3.77. The molecule has 7 nitrogen and oxygen atoms in total. The molecule has 0 unspecified atom stereocenters. The summed E-state index contributed by atoms with van der Waals surface area (Å²) >= 11 is 0. The Morgan fingerprint density at radius 3 is 2.66 bits per heavy atom. The van der Waals surface area contributed by atoms with Crippen LogP contribution < -0.4 is 20.3 Å². The lowest BCUT2D eigenvalue weighted by Crippen LogP contribution is -2.25. The van der Waals surface area contributed by atoms with Crippen LogP contribution in [0, 0.1) is 6.92 Å². The minimum absolute atomic E-state index is 0.138. The summed E-state index contributed by atoms with van der Waals surface area (Å²) in [6.07, 6.45) is 0. The highest BCUT2D eigenvalue weighted by atomic mass is 16.7. The summed E-state index contributed by atoms with van der Waals surface area (Å²) in [5, 5.41) is 2.92. The van der Waals surface area contributed by atoms with Crippen LogP contribution in [0.25, 0.3) is 11.0 Å². The Bertz CT molecular complexity index is 1380. The number of fused-ring (bicyclic) bond motifs is 2. The van der Waals surface area contributed by atoms with E-state index in [1.807, 2.05) is 48.5 Å². The van der Waals surface area contributed by atoms with Crippen LogP contribution in [-0.4, -0.2) is 22.3 Å². The summed E-state index contributed by atoms with van der Waals surface area (Å²) in [6.45, 7) is 2.70. The van der Waals surface area contributed by atoms with Gasteiger partial charge in [-0.2, -0.15) is 0 Å². The van der Waals surface area contributed by atoms with Gasteiger partial charge in [0.25, 0.3) is 11.5 Å². The molecule has 0 saturated carbocycles. The monoisotopic (exact) mass is 427 g/mol. The Labute approximate surface area is 184 Å². The fraction of sp³-hybridized carbons (Fsp3) is 0.160. The number of ether oxygens (including phenoxy) is 2. The van der Waals surface area contributed by atoms with E-state index in [0.29, 0.717) is 46.9 Å². The zero-order valence-electron chi connectivity index (χ0n) is 17.5. The van der Waals surface area contributed by atoms with E-state index in [4.69, 9.17) is 9.47 Å². The number of hydrogen-bond donors (Lipinski definition) is 1. The molecule has 1 amide bonds. The Kier molecular flexibility index (Phi) is 5.07. The van der Waals surface area contributed by atoms with Gasteiger partial charge in [-0.1, -0.05) is 36.4 Å². The van der Waals surface area contributed by atoms with Gasteiger partial charge < -0.3 is 19.4 Å². The predicted octanol–water partition coefficient (Wildman–Crippen LogP) is 3.41. The molecule has 0 aliphatic carbocycles. The van der Waals surface area contributed by atoms with Crippen molar-refractivity contribution in [2.75, 3.05) is 6.79 Å². The van der Waals surface area contributed by atoms with Crippen LogP contribution in [0.3, 0.4) is 0 Å². The number of aryl methyl sites for hydroxylation is 1. The lowest BCUT2D eigenvalue weighted by atomic mass is 10.1. The van der Waals surface area contributed by atoms with E-state index in [2.05, 4.69) is 10.3 Å². The minimum atomic E-state index is -0.218. The molecule has 1 aliphatic heterocycles. The maximum Gasteiger partial charge on any atom is 0.272 e. The van der Waals surface area contributed by atoms with Crippen LogP contribution in [0.15, 0.2) is 71.5 Å². The highest BCUT2D eigenvalue weighted by Gasteiger charge is 2.15. The van der Waals surface area contributed by atoms with Gasteiger partial charge in [0, 0.05) is 12.1 Å². The van der Waals surface area contributed by atoms with E-state index in [-0.39, 0.29) is 18.3 Å². The number of nitrogens with one attached hydrogen (secondary N) is 1. The zero-order valence-corrected chi connectivity index (χ0v) is 17.5. The third-order valence-corrected chi connectivity index (χ3v) is 5.44. The second kappa shape index (κ2) is 8.19. The Morgan fingerprint density at radius 1 is 1.00 bits per heavy atom.